The Labute approximate surface area is 194 Å². The first-order valence-corrected chi connectivity index (χ1v) is 12.5. The summed E-state index contributed by atoms with van der Waals surface area (Å²) in [6.45, 7) is 5.05. The van der Waals surface area contributed by atoms with E-state index >= 15 is 0 Å². The molecule has 0 aliphatic heterocycles. The SMILES string of the molecule is CCN(CC)S(=O)(=O)c1cc(C(=O)OC(C)C(=O)NC2CCCc3ccccc32)ccc1F. The summed E-state index contributed by atoms with van der Waals surface area (Å²) in [4.78, 5) is 24.7. The maximum atomic E-state index is 14.3. The van der Waals surface area contributed by atoms with E-state index in [2.05, 4.69) is 5.32 Å². The first-order chi connectivity index (χ1) is 15.7. The molecule has 0 radical (unpaired) electrons. The Bertz CT molecular complexity index is 1130. The molecule has 1 aliphatic carbocycles. The van der Waals surface area contributed by atoms with Gasteiger partial charge < -0.3 is 10.1 Å². The third-order valence-electron chi connectivity index (χ3n) is 5.83. The lowest BCUT2D eigenvalue weighted by molar-refractivity contribution is -0.130. The number of esters is 1. The summed E-state index contributed by atoms with van der Waals surface area (Å²) in [6.07, 6.45) is 1.57. The van der Waals surface area contributed by atoms with Gasteiger partial charge in [0.15, 0.2) is 6.10 Å². The third-order valence-corrected chi connectivity index (χ3v) is 7.89. The van der Waals surface area contributed by atoms with Crippen molar-refractivity contribution in [2.75, 3.05) is 13.1 Å². The van der Waals surface area contributed by atoms with Crippen LogP contribution in [-0.4, -0.2) is 43.8 Å². The largest absolute Gasteiger partial charge is 0.449 e. The number of amides is 1. The smallest absolute Gasteiger partial charge is 0.338 e. The Kier molecular flexibility index (Phi) is 7.86. The van der Waals surface area contributed by atoms with E-state index in [1.165, 1.54) is 12.5 Å². The molecule has 2 aromatic carbocycles. The summed E-state index contributed by atoms with van der Waals surface area (Å²) in [5.41, 5.74) is 2.09. The van der Waals surface area contributed by atoms with Crippen LogP contribution in [0.4, 0.5) is 4.39 Å². The topological polar surface area (TPSA) is 92.8 Å². The highest BCUT2D eigenvalue weighted by Crippen LogP contribution is 2.29. The number of sulfonamides is 1. The van der Waals surface area contributed by atoms with Gasteiger partial charge in [-0.25, -0.2) is 17.6 Å². The fourth-order valence-electron chi connectivity index (χ4n) is 4.01. The van der Waals surface area contributed by atoms with Gasteiger partial charge in [-0.05, 0) is 55.5 Å². The van der Waals surface area contributed by atoms with Gasteiger partial charge in [0.2, 0.25) is 10.0 Å². The lowest BCUT2D eigenvalue weighted by atomic mass is 9.87. The van der Waals surface area contributed by atoms with Crippen molar-refractivity contribution in [3.05, 3.63) is 65.0 Å². The van der Waals surface area contributed by atoms with Gasteiger partial charge in [-0.2, -0.15) is 4.31 Å². The number of nitrogens with one attached hydrogen (secondary N) is 1. The number of hydrogen-bond donors (Lipinski definition) is 1. The van der Waals surface area contributed by atoms with Crippen molar-refractivity contribution in [2.24, 2.45) is 0 Å². The van der Waals surface area contributed by atoms with Crippen LogP contribution in [0.3, 0.4) is 0 Å². The Morgan fingerprint density at radius 1 is 1.18 bits per heavy atom. The quantitative estimate of drug-likeness (QED) is 0.588. The van der Waals surface area contributed by atoms with Crippen molar-refractivity contribution >= 4 is 21.9 Å². The van der Waals surface area contributed by atoms with Gasteiger partial charge in [0, 0.05) is 13.1 Å². The van der Waals surface area contributed by atoms with Gasteiger partial charge in [-0.15, -0.1) is 0 Å². The zero-order valence-electron chi connectivity index (χ0n) is 19.0. The molecule has 9 heteroatoms. The van der Waals surface area contributed by atoms with Crippen LogP contribution in [0.15, 0.2) is 47.4 Å². The molecular formula is C24H29FN2O5S. The Balaban J connectivity index is 1.72. The number of ether oxygens (including phenoxy) is 1. The van der Waals surface area contributed by atoms with Crippen LogP contribution in [0.25, 0.3) is 0 Å². The van der Waals surface area contributed by atoms with E-state index in [0.717, 1.165) is 47.3 Å². The van der Waals surface area contributed by atoms with Crippen molar-refractivity contribution < 1.29 is 27.1 Å². The highest BCUT2D eigenvalue weighted by molar-refractivity contribution is 7.89. The summed E-state index contributed by atoms with van der Waals surface area (Å²) in [6, 6.07) is 10.7. The molecule has 0 fully saturated rings. The van der Waals surface area contributed by atoms with Crippen LogP contribution in [0.5, 0.6) is 0 Å². The van der Waals surface area contributed by atoms with Crippen molar-refractivity contribution in [3.8, 4) is 0 Å². The number of carbonyl (C=O) groups excluding carboxylic acids is 2. The molecule has 33 heavy (non-hydrogen) atoms. The summed E-state index contributed by atoms with van der Waals surface area (Å²) >= 11 is 0. The van der Waals surface area contributed by atoms with Crippen molar-refractivity contribution in [1.82, 2.24) is 9.62 Å². The highest BCUT2D eigenvalue weighted by atomic mass is 32.2. The van der Waals surface area contributed by atoms with Crippen LogP contribution >= 0.6 is 0 Å². The van der Waals surface area contributed by atoms with E-state index in [9.17, 15) is 22.4 Å². The number of rotatable bonds is 8. The zero-order valence-corrected chi connectivity index (χ0v) is 19.8. The molecule has 1 amide bonds. The molecule has 0 bridgehead atoms. The lowest BCUT2D eigenvalue weighted by Gasteiger charge is -2.27. The van der Waals surface area contributed by atoms with Crippen LogP contribution in [0, 0.1) is 5.82 Å². The number of halogens is 1. The number of nitrogens with zero attached hydrogens (tertiary/aromatic N) is 1. The second-order valence-electron chi connectivity index (χ2n) is 7.93. The molecule has 0 saturated carbocycles. The molecule has 1 N–H and O–H groups in total. The van der Waals surface area contributed by atoms with Gasteiger partial charge in [-0.1, -0.05) is 38.1 Å². The zero-order chi connectivity index (χ0) is 24.2. The molecule has 0 saturated heterocycles. The molecule has 0 aromatic heterocycles. The first-order valence-electron chi connectivity index (χ1n) is 11.1. The molecule has 0 heterocycles. The first kappa shape index (κ1) is 24.9. The fraction of sp³-hybridized carbons (Fsp3) is 0.417. The van der Waals surface area contributed by atoms with Crippen molar-refractivity contribution in [3.63, 3.8) is 0 Å². The van der Waals surface area contributed by atoms with Crippen LogP contribution < -0.4 is 5.32 Å². The van der Waals surface area contributed by atoms with Gasteiger partial charge in [0.25, 0.3) is 5.91 Å². The average molecular weight is 477 g/mol. The minimum atomic E-state index is -4.11. The highest BCUT2D eigenvalue weighted by Gasteiger charge is 2.29. The molecule has 178 valence electrons. The molecule has 2 aromatic rings. The van der Waals surface area contributed by atoms with Crippen LogP contribution in [0.2, 0.25) is 0 Å². The van der Waals surface area contributed by atoms with Crippen LogP contribution in [0.1, 0.15) is 61.1 Å². The Morgan fingerprint density at radius 3 is 2.58 bits per heavy atom. The molecule has 3 rings (SSSR count). The maximum absolute atomic E-state index is 14.3. The summed E-state index contributed by atoms with van der Waals surface area (Å²) in [5, 5.41) is 2.93. The standard InChI is InChI=1S/C24H29FN2O5S/c1-4-27(5-2)33(30,31)22-15-18(13-14-20(22)25)24(29)32-16(3)23(28)26-21-12-8-10-17-9-6-7-11-19(17)21/h6-7,9,11,13-16,21H,4-5,8,10,12H2,1-3H3,(H,26,28). The van der Waals surface area contributed by atoms with Gasteiger partial charge in [-0.3, -0.25) is 4.79 Å². The summed E-state index contributed by atoms with van der Waals surface area (Å²) in [7, 11) is -4.11. The van der Waals surface area contributed by atoms with Gasteiger partial charge >= 0.3 is 5.97 Å². The van der Waals surface area contributed by atoms with E-state index in [0.29, 0.717) is 0 Å². The third kappa shape index (κ3) is 5.42. The number of aryl methyl sites for hydroxylation is 1. The fourth-order valence-corrected chi connectivity index (χ4v) is 5.55. The summed E-state index contributed by atoms with van der Waals surface area (Å²) < 4.78 is 46.1. The monoisotopic (exact) mass is 476 g/mol. The second-order valence-corrected chi connectivity index (χ2v) is 9.84. The molecular weight excluding hydrogens is 447 g/mol. The number of fused-ring (bicyclic) bond motifs is 1. The van der Waals surface area contributed by atoms with Gasteiger partial charge in [0.05, 0.1) is 11.6 Å². The molecule has 7 nitrogen and oxygen atoms in total. The van der Waals surface area contributed by atoms with Crippen LogP contribution in [-0.2, 0) is 26.0 Å². The van der Waals surface area contributed by atoms with Gasteiger partial charge in [0.1, 0.15) is 10.7 Å². The average Bonchev–Trinajstić information content (AvgIpc) is 2.80. The minimum Gasteiger partial charge on any atom is -0.449 e. The van der Waals surface area contributed by atoms with E-state index < -0.39 is 38.7 Å². The van der Waals surface area contributed by atoms with E-state index in [4.69, 9.17) is 4.74 Å². The normalized spacial score (nSPS) is 16.7. The second kappa shape index (κ2) is 10.4. The maximum Gasteiger partial charge on any atom is 0.338 e. The number of hydrogen-bond acceptors (Lipinski definition) is 5. The van der Waals surface area contributed by atoms with Crippen molar-refractivity contribution in [1.29, 1.82) is 0 Å². The van der Waals surface area contributed by atoms with E-state index in [1.54, 1.807) is 13.8 Å². The van der Waals surface area contributed by atoms with Crippen molar-refractivity contribution in [2.45, 2.75) is 57.1 Å². The predicted molar refractivity (Wildman–Crippen MR) is 122 cm³/mol. The minimum absolute atomic E-state index is 0.148. The Hall–Kier alpha value is -2.78. The molecule has 0 spiro atoms. The Morgan fingerprint density at radius 2 is 1.88 bits per heavy atom. The van der Waals surface area contributed by atoms with E-state index in [1.807, 2.05) is 24.3 Å². The molecule has 2 atom stereocenters. The predicted octanol–water partition coefficient (Wildman–Crippen LogP) is 3.60. The molecule has 1 aliphatic rings. The number of benzene rings is 2. The molecule has 2 unspecified atom stereocenters. The summed E-state index contributed by atoms with van der Waals surface area (Å²) in [5.74, 6) is -2.32. The number of carbonyl (C=O) groups is 2. The van der Waals surface area contributed by atoms with E-state index in [-0.39, 0.29) is 24.7 Å². The lowest BCUT2D eigenvalue weighted by Crippen LogP contribution is -2.39.